The maximum absolute atomic E-state index is 12.1. The Kier molecular flexibility index (Phi) is 3.84. The molecular formula is C13H18N2O3. The van der Waals surface area contributed by atoms with Crippen molar-refractivity contribution in [3.8, 4) is 5.75 Å². The second-order valence-electron chi connectivity index (χ2n) is 4.40. The van der Waals surface area contributed by atoms with Crippen molar-refractivity contribution in [2.75, 3.05) is 20.3 Å². The average molecular weight is 250 g/mol. The molecule has 1 saturated heterocycles. The Morgan fingerprint density at radius 1 is 1.33 bits per heavy atom. The molecule has 1 aromatic carbocycles. The summed E-state index contributed by atoms with van der Waals surface area (Å²) in [6.45, 7) is 1.14. The summed E-state index contributed by atoms with van der Waals surface area (Å²) in [6, 6.07) is 7.55. The molecule has 1 aliphatic rings. The normalized spacial score (nSPS) is 18.1. The van der Waals surface area contributed by atoms with Crippen LogP contribution in [0.1, 0.15) is 18.4 Å². The second kappa shape index (κ2) is 5.37. The number of nitrogens with two attached hydrogens (primary N) is 1. The Hall–Kier alpha value is -1.59. The monoisotopic (exact) mass is 250 g/mol. The third-order valence-corrected chi connectivity index (χ3v) is 3.55. The summed E-state index contributed by atoms with van der Waals surface area (Å²) in [5.41, 5.74) is 2.65. The lowest BCUT2D eigenvalue weighted by Gasteiger charge is -2.35. The van der Waals surface area contributed by atoms with E-state index in [1.807, 2.05) is 24.3 Å². The van der Waals surface area contributed by atoms with Crippen LogP contribution in [0, 0.1) is 0 Å². The molecule has 0 spiro atoms. The predicted molar refractivity (Wildman–Crippen MR) is 67.1 cm³/mol. The van der Waals surface area contributed by atoms with E-state index in [2.05, 4.69) is 5.43 Å². The largest absolute Gasteiger partial charge is 0.497 e. The minimum Gasteiger partial charge on any atom is -0.497 e. The van der Waals surface area contributed by atoms with Crippen LogP contribution in [0.25, 0.3) is 0 Å². The zero-order valence-electron chi connectivity index (χ0n) is 10.4. The number of carbonyl (C=O) groups is 1. The molecule has 5 heteroatoms. The number of benzene rings is 1. The Balaban J connectivity index is 2.35. The number of nitrogens with one attached hydrogen (secondary N) is 1. The Morgan fingerprint density at radius 3 is 2.44 bits per heavy atom. The van der Waals surface area contributed by atoms with E-state index < -0.39 is 5.41 Å². The van der Waals surface area contributed by atoms with Crippen molar-refractivity contribution in [2.24, 2.45) is 5.84 Å². The van der Waals surface area contributed by atoms with Gasteiger partial charge in [-0.2, -0.15) is 0 Å². The van der Waals surface area contributed by atoms with E-state index in [1.54, 1.807) is 7.11 Å². The van der Waals surface area contributed by atoms with Crippen molar-refractivity contribution in [1.29, 1.82) is 0 Å². The molecule has 1 amide bonds. The molecule has 0 aromatic heterocycles. The highest BCUT2D eigenvalue weighted by Gasteiger charge is 2.41. The Labute approximate surface area is 106 Å². The van der Waals surface area contributed by atoms with Gasteiger partial charge < -0.3 is 9.47 Å². The molecule has 2 rings (SSSR count). The lowest BCUT2D eigenvalue weighted by Crippen LogP contribution is -2.50. The van der Waals surface area contributed by atoms with Crippen molar-refractivity contribution in [1.82, 2.24) is 5.43 Å². The summed E-state index contributed by atoms with van der Waals surface area (Å²) in [4.78, 5) is 12.1. The van der Waals surface area contributed by atoms with Gasteiger partial charge in [-0.3, -0.25) is 10.2 Å². The molecule has 0 bridgehead atoms. The maximum Gasteiger partial charge on any atom is 0.244 e. The number of hydrogen-bond acceptors (Lipinski definition) is 4. The first-order valence-corrected chi connectivity index (χ1v) is 5.96. The van der Waals surface area contributed by atoms with Gasteiger partial charge in [-0.25, -0.2) is 5.84 Å². The fourth-order valence-electron chi connectivity index (χ4n) is 2.41. The fourth-order valence-corrected chi connectivity index (χ4v) is 2.41. The number of methoxy groups -OCH3 is 1. The molecule has 0 aliphatic carbocycles. The molecular weight excluding hydrogens is 232 g/mol. The number of carbonyl (C=O) groups excluding carboxylic acids is 1. The highest BCUT2D eigenvalue weighted by Crippen LogP contribution is 2.35. The summed E-state index contributed by atoms with van der Waals surface area (Å²) in [6.07, 6.45) is 1.28. The zero-order valence-corrected chi connectivity index (χ0v) is 10.4. The van der Waals surface area contributed by atoms with Crippen molar-refractivity contribution in [3.05, 3.63) is 29.8 Å². The number of amides is 1. The van der Waals surface area contributed by atoms with Crippen LogP contribution in [0.4, 0.5) is 0 Å². The molecule has 1 fully saturated rings. The van der Waals surface area contributed by atoms with Gasteiger partial charge in [0.15, 0.2) is 0 Å². The van der Waals surface area contributed by atoms with E-state index in [4.69, 9.17) is 15.3 Å². The van der Waals surface area contributed by atoms with E-state index in [1.165, 1.54) is 0 Å². The third-order valence-electron chi connectivity index (χ3n) is 3.55. The number of hydrazine groups is 1. The lowest BCUT2D eigenvalue weighted by molar-refractivity contribution is -0.130. The minimum atomic E-state index is -0.584. The summed E-state index contributed by atoms with van der Waals surface area (Å²) in [7, 11) is 1.62. The summed E-state index contributed by atoms with van der Waals surface area (Å²) < 4.78 is 10.5. The fraction of sp³-hybridized carbons (Fsp3) is 0.462. The first-order chi connectivity index (χ1) is 8.73. The number of rotatable bonds is 3. The maximum atomic E-state index is 12.1. The van der Waals surface area contributed by atoms with E-state index in [-0.39, 0.29) is 5.91 Å². The molecule has 1 heterocycles. The Morgan fingerprint density at radius 2 is 1.94 bits per heavy atom. The quantitative estimate of drug-likeness (QED) is 0.471. The van der Waals surface area contributed by atoms with Gasteiger partial charge in [0.05, 0.1) is 12.5 Å². The van der Waals surface area contributed by atoms with Crippen LogP contribution in [0.5, 0.6) is 5.75 Å². The molecule has 0 saturated carbocycles. The summed E-state index contributed by atoms with van der Waals surface area (Å²) in [5.74, 6) is 5.93. The van der Waals surface area contributed by atoms with Crippen LogP contribution in [0.3, 0.4) is 0 Å². The van der Waals surface area contributed by atoms with E-state index in [0.29, 0.717) is 26.1 Å². The first-order valence-electron chi connectivity index (χ1n) is 5.96. The zero-order chi connectivity index (χ0) is 13.0. The van der Waals surface area contributed by atoms with E-state index >= 15 is 0 Å². The second-order valence-corrected chi connectivity index (χ2v) is 4.40. The van der Waals surface area contributed by atoms with Gasteiger partial charge in [0, 0.05) is 13.2 Å². The van der Waals surface area contributed by atoms with Gasteiger partial charge in [0.25, 0.3) is 0 Å². The van der Waals surface area contributed by atoms with Crippen LogP contribution in [-0.4, -0.2) is 26.2 Å². The molecule has 0 unspecified atom stereocenters. The van der Waals surface area contributed by atoms with Crippen LogP contribution in [0.15, 0.2) is 24.3 Å². The molecule has 1 aliphatic heterocycles. The minimum absolute atomic E-state index is 0.157. The van der Waals surface area contributed by atoms with Crippen LogP contribution in [-0.2, 0) is 14.9 Å². The van der Waals surface area contributed by atoms with Crippen molar-refractivity contribution >= 4 is 5.91 Å². The van der Waals surface area contributed by atoms with Crippen molar-refractivity contribution in [2.45, 2.75) is 18.3 Å². The Bertz CT molecular complexity index is 411. The molecule has 18 heavy (non-hydrogen) atoms. The van der Waals surface area contributed by atoms with E-state index in [9.17, 15) is 4.79 Å². The van der Waals surface area contributed by atoms with Gasteiger partial charge >= 0.3 is 0 Å². The first kappa shape index (κ1) is 12.9. The predicted octanol–water partition coefficient (Wildman–Crippen LogP) is 0.733. The smallest absolute Gasteiger partial charge is 0.244 e. The molecule has 0 radical (unpaired) electrons. The van der Waals surface area contributed by atoms with Crippen LogP contribution in [0.2, 0.25) is 0 Å². The molecule has 98 valence electrons. The molecule has 5 nitrogen and oxygen atoms in total. The third kappa shape index (κ3) is 2.19. The van der Waals surface area contributed by atoms with Crippen molar-refractivity contribution < 1.29 is 14.3 Å². The van der Waals surface area contributed by atoms with Crippen LogP contribution >= 0.6 is 0 Å². The lowest BCUT2D eigenvalue weighted by atomic mass is 9.73. The number of ether oxygens (including phenoxy) is 2. The van der Waals surface area contributed by atoms with Gasteiger partial charge in [-0.15, -0.1) is 0 Å². The topological polar surface area (TPSA) is 73.6 Å². The molecule has 0 atom stereocenters. The standard InChI is InChI=1S/C13H18N2O3/c1-17-11-4-2-10(3-5-11)13(12(16)15-14)6-8-18-9-7-13/h2-5H,6-9,14H2,1H3,(H,15,16). The number of hydrogen-bond donors (Lipinski definition) is 2. The van der Waals surface area contributed by atoms with E-state index in [0.717, 1.165) is 11.3 Å². The van der Waals surface area contributed by atoms with Gasteiger partial charge in [0.1, 0.15) is 5.75 Å². The SMILES string of the molecule is COc1ccc(C2(C(=O)NN)CCOCC2)cc1. The van der Waals surface area contributed by atoms with Gasteiger partial charge in [-0.05, 0) is 30.5 Å². The average Bonchev–Trinajstić information content (AvgIpc) is 2.47. The van der Waals surface area contributed by atoms with Crippen LogP contribution < -0.4 is 16.0 Å². The summed E-state index contributed by atoms with van der Waals surface area (Å²) >= 11 is 0. The van der Waals surface area contributed by atoms with Gasteiger partial charge in [-0.1, -0.05) is 12.1 Å². The highest BCUT2D eigenvalue weighted by atomic mass is 16.5. The molecule has 3 N–H and O–H groups in total. The highest BCUT2D eigenvalue weighted by molar-refractivity contribution is 5.88. The molecule has 1 aromatic rings. The summed E-state index contributed by atoms with van der Waals surface area (Å²) in [5, 5.41) is 0. The van der Waals surface area contributed by atoms with Crippen molar-refractivity contribution in [3.63, 3.8) is 0 Å². The van der Waals surface area contributed by atoms with Gasteiger partial charge in [0.2, 0.25) is 5.91 Å².